The molecule has 0 amide bonds. The Morgan fingerprint density at radius 1 is 0.812 bits per heavy atom. The van der Waals surface area contributed by atoms with Gasteiger partial charge in [-0.1, -0.05) is 0 Å². The topological polar surface area (TPSA) is 197 Å². The van der Waals surface area contributed by atoms with Gasteiger partial charge in [0.05, 0.1) is 19.3 Å². The lowest BCUT2D eigenvalue weighted by Gasteiger charge is -2.33. The molecule has 0 fully saturated rings. The number of ether oxygens (including phenoxy) is 2. The fourth-order valence-corrected chi connectivity index (χ4v) is 3.30. The number of rotatable bonds is 7. The second-order valence-electron chi connectivity index (χ2n) is 7.29. The molecule has 3 rings (SSSR count). The van der Waals surface area contributed by atoms with Crippen LogP contribution in [0.15, 0.2) is 35.9 Å². The van der Waals surface area contributed by atoms with Gasteiger partial charge in [-0.05, 0) is 41.5 Å². The minimum atomic E-state index is -1.27. The molecule has 0 aliphatic heterocycles. The van der Waals surface area contributed by atoms with Crippen molar-refractivity contribution in [1.82, 2.24) is 0 Å². The van der Waals surface area contributed by atoms with Crippen molar-refractivity contribution in [3.8, 4) is 34.5 Å². The van der Waals surface area contributed by atoms with E-state index in [0.717, 1.165) is 24.3 Å². The number of aromatic hydroxyl groups is 6. The van der Waals surface area contributed by atoms with Gasteiger partial charge in [0.1, 0.15) is 12.2 Å². The fourth-order valence-electron chi connectivity index (χ4n) is 3.30. The molecule has 0 unspecified atom stereocenters. The Kier molecular flexibility index (Phi) is 6.63. The molecule has 0 aromatic heterocycles. The summed E-state index contributed by atoms with van der Waals surface area (Å²) in [7, 11) is 0. The number of aliphatic carboxylic acids is 1. The van der Waals surface area contributed by atoms with Crippen LogP contribution in [0.25, 0.3) is 0 Å². The van der Waals surface area contributed by atoms with E-state index in [-0.39, 0.29) is 36.3 Å². The molecule has 32 heavy (non-hydrogen) atoms. The molecule has 0 saturated heterocycles. The summed E-state index contributed by atoms with van der Waals surface area (Å²) in [5, 5.41) is 77.1. The van der Waals surface area contributed by atoms with E-state index in [1.807, 2.05) is 0 Å². The standard InChI is InChI=1S/C21H22O11/c22-12-1-9(2-13(23)18(12)27)7-31-17-6-11(21(29)30)5-16(26)20(17)32-8-10-3-14(24)19(28)15(25)4-10/h1-4,6,16-17,20,22-28H,5,7-8H2,(H,29,30)/t16-,17-,20+/m1/s1. The molecule has 1 aliphatic carbocycles. The molecule has 0 spiro atoms. The van der Waals surface area contributed by atoms with E-state index in [1.54, 1.807) is 0 Å². The Balaban J connectivity index is 1.79. The Labute approximate surface area is 181 Å². The minimum absolute atomic E-state index is 0.0985. The second kappa shape index (κ2) is 9.22. The second-order valence-corrected chi connectivity index (χ2v) is 7.29. The molecule has 1 aliphatic rings. The van der Waals surface area contributed by atoms with Gasteiger partial charge in [0.15, 0.2) is 34.5 Å². The third-order valence-corrected chi connectivity index (χ3v) is 4.92. The molecular formula is C21H22O11. The van der Waals surface area contributed by atoms with Crippen LogP contribution >= 0.6 is 0 Å². The van der Waals surface area contributed by atoms with Crippen LogP contribution in [0.4, 0.5) is 0 Å². The Hall–Kier alpha value is -3.67. The number of aliphatic hydroxyl groups excluding tert-OH is 1. The van der Waals surface area contributed by atoms with E-state index in [9.17, 15) is 45.6 Å². The lowest BCUT2D eigenvalue weighted by atomic mass is 9.92. The minimum Gasteiger partial charge on any atom is -0.504 e. The van der Waals surface area contributed by atoms with Crippen LogP contribution in [0.5, 0.6) is 34.5 Å². The molecule has 0 heterocycles. The van der Waals surface area contributed by atoms with Crippen LogP contribution in [-0.4, -0.2) is 65.1 Å². The summed E-state index contributed by atoms with van der Waals surface area (Å²) in [4.78, 5) is 11.4. The molecule has 0 saturated carbocycles. The maximum Gasteiger partial charge on any atom is 0.331 e. The number of phenolic OH excluding ortho intramolecular Hbond substituents is 6. The van der Waals surface area contributed by atoms with Gasteiger partial charge in [-0.3, -0.25) is 0 Å². The number of hydrogen-bond acceptors (Lipinski definition) is 10. The van der Waals surface area contributed by atoms with Crippen LogP contribution in [0.2, 0.25) is 0 Å². The Morgan fingerprint density at radius 3 is 1.69 bits per heavy atom. The molecule has 11 heteroatoms. The first kappa shape index (κ1) is 23.0. The quantitative estimate of drug-likeness (QED) is 0.282. The fraction of sp³-hybridized carbons (Fsp3) is 0.286. The highest BCUT2D eigenvalue weighted by molar-refractivity contribution is 5.87. The molecule has 2 aromatic carbocycles. The van der Waals surface area contributed by atoms with Crippen molar-refractivity contribution >= 4 is 5.97 Å². The third-order valence-electron chi connectivity index (χ3n) is 4.92. The van der Waals surface area contributed by atoms with Gasteiger partial charge in [0.25, 0.3) is 0 Å². The number of carbonyl (C=O) groups is 1. The van der Waals surface area contributed by atoms with E-state index in [4.69, 9.17) is 9.47 Å². The Bertz CT molecular complexity index is 1000. The molecule has 0 bridgehead atoms. The predicted octanol–water partition coefficient (Wildman–Crippen LogP) is 1.17. The lowest BCUT2D eigenvalue weighted by molar-refractivity contribution is -0.138. The van der Waals surface area contributed by atoms with Crippen molar-refractivity contribution in [3.63, 3.8) is 0 Å². The number of carboxylic acid groups (broad SMARTS) is 1. The average Bonchev–Trinajstić information content (AvgIpc) is 2.72. The summed E-state index contributed by atoms with van der Waals surface area (Å²) >= 11 is 0. The Morgan fingerprint density at radius 2 is 1.25 bits per heavy atom. The number of aliphatic hydroxyl groups is 1. The highest BCUT2D eigenvalue weighted by atomic mass is 16.5. The van der Waals surface area contributed by atoms with Gasteiger partial charge in [-0.2, -0.15) is 0 Å². The van der Waals surface area contributed by atoms with Gasteiger partial charge in [-0.15, -0.1) is 0 Å². The zero-order valence-corrected chi connectivity index (χ0v) is 16.5. The maximum absolute atomic E-state index is 11.4. The van der Waals surface area contributed by atoms with Crippen molar-refractivity contribution in [3.05, 3.63) is 47.0 Å². The highest BCUT2D eigenvalue weighted by Crippen LogP contribution is 2.37. The first-order valence-corrected chi connectivity index (χ1v) is 9.39. The zero-order valence-electron chi connectivity index (χ0n) is 16.5. The zero-order chi connectivity index (χ0) is 23.6. The average molecular weight is 450 g/mol. The first-order valence-electron chi connectivity index (χ1n) is 9.39. The summed E-state index contributed by atoms with van der Waals surface area (Å²) in [6.07, 6.45) is -2.31. The van der Waals surface area contributed by atoms with E-state index in [2.05, 4.69) is 0 Å². The molecule has 2 aromatic rings. The molecule has 8 N–H and O–H groups in total. The highest BCUT2D eigenvalue weighted by Gasteiger charge is 2.36. The summed E-state index contributed by atoms with van der Waals surface area (Å²) in [5.41, 5.74) is 0.430. The number of phenols is 6. The third kappa shape index (κ3) is 4.97. The largest absolute Gasteiger partial charge is 0.504 e. The van der Waals surface area contributed by atoms with Crippen molar-refractivity contribution < 1.29 is 55.1 Å². The van der Waals surface area contributed by atoms with Gasteiger partial charge in [0.2, 0.25) is 0 Å². The van der Waals surface area contributed by atoms with Gasteiger partial charge in [-0.25, -0.2) is 4.79 Å². The monoisotopic (exact) mass is 450 g/mol. The van der Waals surface area contributed by atoms with Gasteiger partial charge >= 0.3 is 5.97 Å². The van der Waals surface area contributed by atoms with Crippen LogP contribution < -0.4 is 0 Å². The van der Waals surface area contributed by atoms with Crippen molar-refractivity contribution in [2.24, 2.45) is 0 Å². The van der Waals surface area contributed by atoms with Crippen LogP contribution in [0, 0.1) is 0 Å². The molecule has 11 nitrogen and oxygen atoms in total. The normalized spacial score (nSPS) is 20.7. The summed E-state index contributed by atoms with van der Waals surface area (Å²) in [5.74, 6) is -4.92. The van der Waals surface area contributed by atoms with E-state index in [1.165, 1.54) is 6.08 Å². The van der Waals surface area contributed by atoms with Crippen molar-refractivity contribution in [2.75, 3.05) is 0 Å². The van der Waals surface area contributed by atoms with Crippen LogP contribution in [0.1, 0.15) is 17.5 Å². The smallest absolute Gasteiger partial charge is 0.331 e. The SMILES string of the molecule is O=C(O)C1=C[C@@H](OCc2cc(O)c(O)c(O)c2)[C@@H](OCc2cc(O)c(O)c(O)c2)[C@H](O)C1. The van der Waals surface area contributed by atoms with E-state index >= 15 is 0 Å². The molecular weight excluding hydrogens is 428 g/mol. The summed E-state index contributed by atoms with van der Waals surface area (Å²) in [6, 6.07) is 4.60. The van der Waals surface area contributed by atoms with Crippen molar-refractivity contribution in [1.29, 1.82) is 0 Å². The van der Waals surface area contributed by atoms with Crippen molar-refractivity contribution in [2.45, 2.75) is 37.9 Å². The molecule has 172 valence electrons. The lowest BCUT2D eigenvalue weighted by Crippen LogP contribution is -2.44. The molecule has 0 radical (unpaired) electrons. The molecule has 3 atom stereocenters. The van der Waals surface area contributed by atoms with Crippen LogP contribution in [0.3, 0.4) is 0 Å². The van der Waals surface area contributed by atoms with E-state index < -0.39 is 58.8 Å². The van der Waals surface area contributed by atoms with E-state index in [0.29, 0.717) is 0 Å². The van der Waals surface area contributed by atoms with Gasteiger partial charge < -0.3 is 50.3 Å². The number of hydrogen-bond donors (Lipinski definition) is 8. The maximum atomic E-state index is 11.4. The number of carboxylic acids is 1. The van der Waals surface area contributed by atoms with Gasteiger partial charge in [0, 0.05) is 12.0 Å². The summed E-state index contributed by atoms with van der Waals surface area (Å²) < 4.78 is 11.3. The summed E-state index contributed by atoms with van der Waals surface area (Å²) in [6.45, 7) is -0.456. The first-order chi connectivity index (χ1) is 15.1. The van der Waals surface area contributed by atoms with Crippen LogP contribution in [-0.2, 0) is 27.5 Å². The number of benzene rings is 2. The predicted molar refractivity (Wildman–Crippen MR) is 106 cm³/mol.